The molecule has 1 aromatic rings. The van der Waals surface area contributed by atoms with Gasteiger partial charge in [0.2, 0.25) is 0 Å². The number of likely N-dealkylation sites (N-methyl/N-ethyl adjacent to an activating group) is 1. The average molecular weight is 231 g/mol. The van der Waals surface area contributed by atoms with Crippen LogP contribution in [0, 0.1) is 0 Å². The lowest BCUT2D eigenvalue weighted by Gasteiger charge is -2.26. The van der Waals surface area contributed by atoms with Gasteiger partial charge in [-0.25, -0.2) is 0 Å². The maximum atomic E-state index is 12.1. The minimum Gasteiger partial charge on any atom is -0.317 e. The molecular weight excluding hydrogens is 210 g/mol. The van der Waals surface area contributed by atoms with E-state index < -0.39 is 0 Å². The van der Waals surface area contributed by atoms with Crippen LogP contribution < -0.4 is 5.32 Å². The highest BCUT2D eigenvalue weighted by Gasteiger charge is 2.21. The van der Waals surface area contributed by atoms with Gasteiger partial charge in [0, 0.05) is 18.0 Å². The molecule has 0 saturated heterocycles. The number of carbonyl (C=O) groups is 1. The van der Waals surface area contributed by atoms with E-state index in [-0.39, 0.29) is 0 Å². The summed E-state index contributed by atoms with van der Waals surface area (Å²) in [7, 11) is 2.01. The fourth-order valence-corrected chi connectivity index (χ4v) is 2.66. The van der Waals surface area contributed by atoms with Crippen molar-refractivity contribution in [3.8, 4) is 0 Å². The van der Waals surface area contributed by atoms with E-state index in [1.54, 1.807) is 0 Å². The molecule has 17 heavy (non-hydrogen) atoms. The van der Waals surface area contributed by atoms with Crippen LogP contribution in [0.15, 0.2) is 18.2 Å². The fraction of sp³-hybridized carbons (Fsp3) is 0.533. The molecule has 2 rings (SSSR count). The Morgan fingerprint density at radius 3 is 3.00 bits per heavy atom. The van der Waals surface area contributed by atoms with Crippen LogP contribution in [0.5, 0.6) is 0 Å². The summed E-state index contributed by atoms with van der Waals surface area (Å²) in [6, 6.07) is 6.72. The number of rotatable bonds is 4. The monoisotopic (exact) mass is 231 g/mol. The minimum absolute atomic E-state index is 0.307. The number of ketones is 1. The molecule has 0 aromatic heterocycles. The molecule has 2 heteroatoms. The summed E-state index contributed by atoms with van der Waals surface area (Å²) in [5.74, 6) is 0.307. The molecule has 92 valence electrons. The standard InChI is InChI=1S/C15H21NO/c1-3-5-15(17)13-7-4-6-11-8-9-12(16-2)10-14(11)13/h4,6-7,12,16H,3,5,8-10H2,1-2H3. The number of hydrogen-bond donors (Lipinski definition) is 1. The van der Waals surface area contributed by atoms with Crippen LogP contribution in [-0.4, -0.2) is 18.9 Å². The molecule has 0 amide bonds. The molecule has 0 saturated carbocycles. The largest absolute Gasteiger partial charge is 0.317 e. The number of aryl methyl sites for hydroxylation is 1. The van der Waals surface area contributed by atoms with Crippen LogP contribution >= 0.6 is 0 Å². The highest BCUT2D eigenvalue weighted by atomic mass is 16.1. The Morgan fingerprint density at radius 2 is 2.29 bits per heavy atom. The van der Waals surface area contributed by atoms with Gasteiger partial charge in [-0.05, 0) is 43.9 Å². The SMILES string of the molecule is CCCC(=O)c1cccc2c1CC(NC)CC2. The molecule has 0 heterocycles. The van der Waals surface area contributed by atoms with E-state index in [0.717, 1.165) is 24.8 Å². The van der Waals surface area contributed by atoms with Gasteiger partial charge in [0.1, 0.15) is 0 Å². The summed E-state index contributed by atoms with van der Waals surface area (Å²) >= 11 is 0. The molecule has 0 spiro atoms. The van der Waals surface area contributed by atoms with E-state index in [1.807, 2.05) is 19.2 Å². The quantitative estimate of drug-likeness (QED) is 0.807. The molecule has 1 N–H and O–H groups in total. The first-order valence-electron chi connectivity index (χ1n) is 6.57. The van der Waals surface area contributed by atoms with E-state index in [2.05, 4.69) is 18.3 Å². The van der Waals surface area contributed by atoms with Crippen molar-refractivity contribution in [3.63, 3.8) is 0 Å². The van der Waals surface area contributed by atoms with Crippen LogP contribution in [0.2, 0.25) is 0 Å². The van der Waals surface area contributed by atoms with E-state index in [9.17, 15) is 4.79 Å². The van der Waals surface area contributed by atoms with Crippen molar-refractivity contribution < 1.29 is 4.79 Å². The van der Waals surface area contributed by atoms with Gasteiger partial charge in [0.25, 0.3) is 0 Å². The summed E-state index contributed by atoms with van der Waals surface area (Å²) in [4.78, 5) is 12.1. The number of benzene rings is 1. The lowest BCUT2D eigenvalue weighted by molar-refractivity contribution is 0.0980. The number of Topliss-reactive ketones (excluding diaryl/α,β-unsaturated/α-hetero) is 1. The molecular formula is C15H21NO. The Balaban J connectivity index is 2.31. The molecule has 1 atom stereocenters. The first-order chi connectivity index (χ1) is 8.26. The zero-order valence-electron chi connectivity index (χ0n) is 10.8. The van der Waals surface area contributed by atoms with Crippen LogP contribution in [0.3, 0.4) is 0 Å². The van der Waals surface area contributed by atoms with Gasteiger partial charge in [-0.3, -0.25) is 4.79 Å². The van der Waals surface area contributed by atoms with Crippen LogP contribution in [0.4, 0.5) is 0 Å². The van der Waals surface area contributed by atoms with Gasteiger partial charge in [0.05, 0.1) is 0 Å². The first kappa shape index (κ1) is 12.3. The molecule has 0 aliphatic heterocycles. The normalized spacial score (nSPS) is 18.8. The number of fused-ring (bicyclic) bond motifs is 1. The summed E-state index contributed by atoms with van der Waals surface area (Å²) in [6.45, 7) is 2.06. The zero-order chi connectivity index (χ0) is 12.3. The van der Waals surface area contributed by atoms with Crippen LogP contribution in [0.1, 0.15) is 47.7 Å². The maximum Gasteiger partial charge on any atom is 0.163 e. The molecule has 1 aliphatic carbocycles. The third-order valence-corrected chi connectivity index (χ3v) is 3.67. The molecule has 2 nitrogen and oxygen atoms in total. The number of carbonyl (C=O) groups excluding carboxylic acids is 1. The summed E-state index contributed by atoms with van der Waals surface area (Å²) in [6.07, 6.45) is 4.86. The molecule has 0 bridgehead atoms. The minimum atomic E-state index is 0.307. The topological polar surface area (TPSA) is 29.1 Å². The smallest absolute Gasteiger partial charge is 0.163 e. The van der Waals surface area contributed by atoms with Gasteiger partial charge in [0.15, 0.2) is 5.78 Å². The third kappa shape index (κ3) is 2.58. The van der Waals surface area contributed by atoms with Gasteiger partial charge < -0.3 is 5.32 Å². The fourth-order valence-electron chi connectivity index (χ4n) is 2.66. The van der Waals surface area contributed by atoms with E-state index in [1.165, 1.54) is 17.5 Å². The van der Waals surface area contributed by atoms with Crippen LogP contribution in [-0.2, 0) is 12.8 Å². The Kier molecular flexibility index (Phi) is 3.95. The predicted molar refractivity (Wildman–Crippen MR) is 70.6 cm³/mol. The van der Waals surface area contributed by atoms with Crippen molar-refractivity contribution >= 4 is 5.78 Å². The number of hydrogen-bond acceptors (Lipinski definition) is 2. The molecule has 1 unspecified atom stereocenters. The van der Waals surface area contributed by atoms with E-state index >= 15 is 0 Å². The molecule has 0 fully saturated rings. The van der Waals surface area contributed by atoms with Gasteiger partial charge in [-0.1, -0.05) is 25.1 Å². The average Bonchev–Trinajstić information content (AvgIpc) is 2.37. The van der Waals surface area contributed by atoms with Gasteiger partial charge >= 0.3 is 0 Å². The Labute approximate surface area is 103 Å². The Hall–Kier alpha value is -1.15. The second-order valence-electron chi connectivity index (χ2n) is 4.84. The van der Waals surface area contributed by atoms with Crippen molar-refractivity contribution in [2.75, 3.05) is 7.05 Å². The van der Waals surface area contributed by atoms with Gasteiger partial charge in [-0.15, -0.1) is 0 Å². The maximum absolute atomic E-state index is 12.1. The van der Waals surface area contributed by atoms with Crippen LogP contribution in [0.25, 0.3) is 0 Å². The lowest BCUT2D eigenvalue weighted by Crippen LogP contribution is -2.32. The predicted octanol–water partition coefficient (Wildman–Crippen LogP) is 2.75. The van der Waals surface area contributed by atoms with Crippen molar-refractivity contribution in [2.45, 2.75) is 45.1 Å². The summed E-state index contributed by atoms with van der Waals surface area (Å²) in [5, 5.41) is 3.33. The Bertz CT molecular complexity index is 411. The first-order valence-corrected chi connectivity index (χ1v) is 6.57. The van der Waals surface area contributed by atoms with E-state index in [0.29, 0.717) is 18.2 Å². The van der Waals surface area contributed by atoms with Gasteiger partial charge in [-0.2, -0.15) is 0 Å². The highest BCUT2D eigenvalue weighted by Crippen LogP contribution is 2.25. The van der Waals surface area contributed by atoms with Crippen molar-refractivity contribution in [2.24, 2.45) is 0 Å². The second-order valence-corrected chi connectivity index (χ2v) is 4.84. The van der Waals surface area contributed by atoms with E-state index in [4.69, 9.17) is 0 Å². The van der Waals surface area contributed by atoms with Crippen molar-refractivity contribution in [1.82, 2.24) is 5.32 Å². The number of nitrogens with one attached hydrogen (secondary N) is 1. The second kappa shape index (κ2) is 5.46. The zero-order valence-corrected chi connectivity index (χ0v) is 10.8. The summed E-state index contributed by atoms with van der Waals surface area (Å²) < 4.78 is 0. The third-order valence-electron chi connectivity index (χ3n) is 3.67. The molecule has 0 radical (unpaired) electrons. The summed E-state index contributed by atoms with van der Waals surface area (Å²) in [5.41, 5.74) is 3.62. The molecule has 1 aliphatic rings. The van der Waals surface area contributed by atoms with Crippen molar-refractivity contribution in [1.29, 1.82) is 0 Å². The van der Waals surface area contributed by atoms with Crippen molar-refractivity contribution in [3.05, 3.63) is 34.9 Å². The lowest BCUT2D eigenvalue weighted by atomic mass is 9.84. The molecule has 1 aromatic carbocycles. The highest BCUT2D eigenvalue weighted by molar-refractivity contribution is 5.97. The Morgan fingerprint density at radius 1 is 1.47 bits per heavy atom.